The van der Waals surface area contributed by atoms with Crippen molar-refractivity contribution in [2.45, 2.75) is 51.6 Å². The first-order chi connectivity index (χ1) is 12.1. The largest absolute Gasteiger partial charge is 0.346 e. The molecule has 4 rings (SSSR count). The van der Waals surface area contributed by atoms with E-state index in [-0.39, 0.29) is 17.6 Å². The maximum atomic E-state index is 12.9. The Morgan fingerprint density at radius 3 is 2.60 bits per heavy atom. The lowest BCUT2D eigenvalue weighted by Crippen LogP contribution is -2.41. The summed E-state index contributed by atoms with van der Waals surface area (Å²) >= 11 is 0. The van der Waals surface area contributed by atoms with E-state index in [1.807, 2.05) is 36.1 Å². The van der Waals surface area contributed by atoms with Gasteiger partial charge in [-0.25, -0.2) is 9.48 Å². The second-order valence-corrected chi connectivity index (χ2v) is 7.15. The lowest BCUT2D eigenvalue weighted by Gasteiger charge is -2.27. The third-order valence-electron chi connectivity index (χ3n) is 5.29. The number of benzene rings is 1. The maximum Gasteiger partial charge on any atom is 0.346 e. The molecular formula is C19H24N4O2. The molecule has 0 aliphatic carbocycles. The second-order valence-electron chi connectivity index (χ2n) is 7.15. The molecule has 1 fully saturated rings. The van der Waals surface area contributed by atoms with Gasteiger partial charge >= 0.3 is 5.69 Å². The summed E-state index contributed by atoms with van der Waals surface area (Å²) in [6, 6.07) is 7.74. The summed E-state index contributed by atoms with van der Waals surface area (Å²) in [7, 11) is 0. The van der Waals surface area contributed by atoms with E-state index >= 15 is 0 Å². The second kappa shape index (κ2) is 6.50. The third kappa shape index (κ3) is 3.01. The number of carbonyl (C=O) groups is 1. The molecule has 1 aromatic heterocycles. The van der Waals surface area contributed by atoms with Gasteiger partial charge in [-0.15, -0.1) is 0 Å². The van der Waals surface area contributed by atoms with Crippen LogP contribution >= 0.6 is 0 Å². The van der Waals surface area contributed by atoms with Gasteiger partial charge < -0.3 is 4.90 Å². The monoisotopic (exact) mass is 340 g/mol. The maximum absolute atomic E-state index is 12.9. The van der Waals surface area contributed by atoms with Crippen molar-refractivity contribution in [1.82, 2.24) is 19.2 Å². The molecular weight excluding hydrogens is 316 g/mol. The number of fused-ring (bicyclic) bond motifs is 1. The van der Waals surface area contributed by atoms with Gasteiger partial charge in [0.15, 0.2) is 0 Å². The fourth-order valence-electron chi connectivity index (χ4n) is 3.88. The van der Waals surface area contributed by atoms with Crippen molar-refractivity contribution in [3.8, 4) is 0 Å². The van der Waals surface area contributed by atoms with E-state index in [1.54, 1.807) is 4.57 Å². The third-order valence-corrected chi connectivity index (χ3v) is 5.29. The van der Waals surface area contributed by atoms with Crippen molar-refractivity contribution in [2.75, 3.05) is 13.1 Å². The van der Waals surface area contributed by atoms with Crippen LogP contribution in [0.5, 0.6) is 0 Å². The number of likely N-dealkylation sites (tertiary alicyclic amines) is 1. The average Bonchev–Trinajstić information content (AvgIpc) is 3.25. The van der Waals surface area contributed by atoms with E-state index in [0.717, 1.165) is 56.6 Å². The van der Waals surface area contributed by atoms with Crippen LogP contribution in [0.25, 0.3) is 0 Å². The van der Waals surface area contributed by atoms with Crippen LogP contribution in [0.4, 0.5) is 0 Å². The van der Waals surface area contributed by atoms with Crippen LogP contribution in [0.3, 0.4) is 0 Å². The average molecular weight is 340 g/mol. The predicted molar refractivity (Wildman–Crippen MR) is 94.6 cm³/mol. The van der Waals surface area contributed by atoms with Crippen molar-refractivity contribution in [3.63, 3.8) is 0 Å². The summed E-state index contributed by atoms with van der Waals surface area (Å²) in [5, 5.41) is 4.52. The smallest absolute Gasteiger partial charge is 0.341 e. The Hall–Kier alpha value is -2.37. The summed E-state index contributed by atoms with van der Waals surface area (Å²) in [4.78, 5) is 27.7. The highest BCUT2D eigenvalue weighted by molar-refractivity contribution is 5.80. The van der Waals surface area contributed by atoms with Crippen LogP contribution in [-0.4, -0.2) is 38.2 Å². The first-order valence-electron chi connectivity index (χ1n) is 9.16. The topological polar surface area (TPSA) is 60.1 Å². The van der Waals surface area contributed by atoms with E-state index in [2.05, 4.69) is 5.10 Å². The van der Waals surface area contributed by atoms with Crippen molar-refractivity contribution in [1.29, 1.82) is 0 Å². The minimum atomic E-state index is -0.374. The number of aryl methyl sites for hydroxylation is 2. The number of carbonyl (C=O) groups excluding carboxylic acids is 1. The van der Waals surface area contributed by atoms with Crippen LogP contribution < -0.4 is 5.69 Å². The fraction of sp³-hybridized carbons (Fsp3) is 0.526. The Kier molecular flexibility index (Phi) is 4.19. The molecule has 0 unspecified atom stereocenters. The van der Waals surface area contributed by atoms with E-state index in [0.29, 0.717) is 6.54 Å². The number of hydrogen-bond acceptors (Lipinski definition) is 3. The Labute approximate surface area is 147 Å². The normalized spacial score (nSPS) is 19.9. The molecule has 25 heavy (non-hydrogen) atoms. The van der Waals surface area contributed by atoms with Gasteiger partial charge in [-0.3, -0.25) is 9.36 Å². The van der Waals surface area contributed by atoms with E-state index in [1.165, 1.54) is 10.2 Å². The highest BCUT2D eigenvalue weighted by Crippen LogP contribution is 2.25. The molecule has 6 heteroatoms. The molecule has 0 N–H and O–H groups in total. The molecule has 0 bridgehead atoms. The van der Waals surface area contributed by atoms with Crippen LogP contribution in [0.15, 0.2) is 29.1 Å². The van der Waals surface area contributed by atoms with Gasteiger partial charge in [0, 0.05) is 19.5 Å². The summed E-state index contributed by atoms with van der Waals surface area (Å²) in [5.74, 6) is 0.844. The minimum absolute atomic E-state index is 0.0930. The van der Waals surface area contributed by atoms with Gasteiger partial charge in [-0.2, -0.15) is 5.10 Å². The minimum Gasteiger partial charge on any atom is -0.341 e. The standard InChI is InChI=1S/C19H24N4O2/c1-14-7-9-15(10-8-14)13-22-19(25)23-16(5-4-6-17(23)20-22)18(24)21-11-2-3-12-21/h7-10,16H,2-6,11-13H2,1H3/t16-/m0/s1. The molecule has 0 spiro atoms. The molecule has 2 aromatic rings. The molecule has 0 radical (unpaired) electrons. The van der Waals surface area contributed by atoms with Gasteiger partial charge in [-0.05, 0) is 38.2 Å². The van der Waals surface area contributed by atoms with E-state index < -0.39 is 0 Å². The highest BCUT2D eigenvalue weighted by atomic mass is 16.2. The molecule has 6 nitrogen and oxygen atoms in total. The molecule has 2 aliphatic heterocycles. The van der Waals surface area contributed by atoms with Gasteiger partial charge in [0.05, 0.1) is 6.54 Å². The Morgan fingerprint density at radius 2 is 1.88 bits per heavy atom. The number of amides is 1. The summed E-state index contributed by atoms with van der Waals surface area (Å²) in [5.41, 5.74) is 2.08. The first kappa shape index (κ1) is 16.1. The number of rotatable bonds is 3. The summed E-state index contributed by atoms with van der Waals surface area (Å²) < 4.78 is 3.16. The van der Waals surface area contributed by atoms with E-state index in [9.17, 15) is 9.59 Å². The molecule has 3 heterocycles. The lowest BCUT2D eigenvalue weighted by molar-refractivity contribution is -0.134. The highest BCUT2D eigenvalue weighted by Gasteiger charge is 2.34. The Bertz CT molecular complexity index is 828. The quantitative estimate of drug-likeness (QED) is 0.857. The molecule has 1 amide bonds. The van der Waals surface area contributed by atoms with Crippen LogP contribution in [0.2, 0.25) is 0 Å². The van der Waals surface area contributed by atoms with Crippen molar-refractivity contribution in [3.05, 3.63) is 51.7 Å². The number of nitrogens with zero attached hydrogens (tertiary/aromatic N) is 4. The van der Waals surface area contributed by atoms with Gasteiger partial charge in [0.25, 0.3) is 0 Å². The predicted octanol–water partition coefficient (Wildman–Crippen LogP) is 1.90. The van der Waals surface area contributed by atoms with Crippen LogP contribution in [0, 0.1) is 6.92 Å². The molecule has 0 saturated carbocycles. The Morgan fingerprint density at radius 1 is 1.16 bits per heavy atom. The van der Waals surface area contributed by atoms with Gasteiger partial charge in [-0.1, -0.05) is 29.8 Å². The summed E-state index contributed by atoms with van der Waals surface area (Å²) in [6.45, 7) is 4.12. The molecule has 1 saturated heterocycles. The SMILES string of the molecule is Cc1ccc(Cn2nc3n(c2=O)[C@H](C(=O)N2CCCC2)CCC3)cc1. The fourth-order valence-corrected chi connectivity index (χ4v) is 3.88. The molecule has 1 aromatic carbocycles. The van der Waals surface area contributed by atoms with Crippen molar-refractivity contribution in [2.24, 2.45) is 0 Å². The number of hydrogen-bond donors (Lipinski definition) is 0. The van der Waals surface area contributed by atoms with Crippen molar-refractivity contribution < 1.29 is 4.79 Å². The molecule has 1 atom stereocenters. The van der Waals surface area contributed by atoms with E-state index in [4.69, 9.17) is 0 Å². The molecule has 132 valence electrons. The zero-order chi connectivity index (χ0) is 17.4. The van der Waals surface area contributed by atoms with Gasteiger partial charge in [0.2, 0.25) is 5.91 Å². The van der Waals surface area contributed by atoms with Crippen LogP contribution in [-0.2, 0) is 17.8 Å². The van der Waals surface area contributed by atoms with Crippen LogP contribution in [0.1, 0.15) is 48.7 Å². The molecule has 2 aliphatic rings. The van der Waals surface area contributed by atoms with Crippen molar-refractivity contribution >= 4 is 5.91 Å². The summed E-state index contributed by atoms with van der Waals surface area (Å²) in [6.07, 6.45) is 4.53. The zero-order valence-electron chi connectivity index (χ0n) is 14.6. The number of aromatic nitrogens is 3. The lowest BCUT2D eigenvalue weighted by atomic mass is 10.0. The van der Waals surface area contributed by atoms with Gasteiger partial charge in [0.1, 0.15) is 11.9 Å². The first-order valence-corrected chi connectivity index (χ1v) is 9.16. The zero-order valence-corrected chi connectivity index (χ0v) is 14.6. The Balaban J connectivity index is 1.63.